The van der Waals surface area contributed by atoms with Crippen LogP contribution in [-0.4, -0.2) is 17.3 Å². The summed E-state index contributed by atoms with van der Waals surface area (Å²) in [5.41, 5.74) is 1.96. The lowest BCUT2D eigenvalue weighted by molar-refractivity contribution is 0.416. The number of H-pyrrole nitrogens is 1. The summed E-state index contributed by atoms with van der Waals surface area (Å²) in [5, 5.41) is 7.30. The van der Waals surface area contributed by atoms with Crippen molar-refractivity contribution in [1.82, 2.24) is 10.2 Å². The highest BCUT2D eigenvalue weighted by atomic mass is 35.5. The van der Waals surface area contributed by atoms with Crippen LogP contribution < -0.4 is 4.74 Å². The van der Waals surface area contributed by atoms with Crippen molar-refractivity contribution in [2.45, 2.75) is 0 Å². The van der Waals surface area contributed by atoms with Gasteiger partial charge in [-0.2, -0.15) is 5.10 Å². The molecule has 72 valence electrons. The van der Waals surface area contributed by atoms with Crippen LogP contribution in [0.1, 0.15) is 0 Å². The molecule has 0 atom stereocenters. The van der Waals surface area contributed by atoms with Gasteiger partial charge in [0.15, 0.2) is 0 Å². The van der Waals surface area contributed by atoms with Crippen molar-refractivity contribution in [3.05, 3.63) is 35.6 Å². The lowest BCUT2D eigenvalue weighted by Gasteiger charge is -2.06. The summed E-state index contributed by atoms with van der Waals surface area (Å²) in [5.74, 6) is 0.749. The molecule has 4 heteroatoms. The standard InChI is InChI=1S/C10H9ClN2O/c1-14-10-4-8(11)2-3-9(10)7-5-12-13-6-7/h2-6H,1H3,(H,12,13). The molecule has 0 fully saturated rings. The lowest BCUT2D eigenvalue weighted by atomic mass is 10.1. The zero-order valence-electron chi connectivity index (χ0n) is 7.62. The van der Waals surface area contributed by atoms with Gasteiger partial charge in [0.1, 0.15) is 5.75 Å². The van der Waals surface area contributed by atoms with Gasteiger partial charge in [-0.05, 0) is 18.2 Å². The minimum Gasteiger partial charge on any atom is -0.496 e. The van der Waals surface area contributed by atoms with Crippen LogP contribution in [0.2, 0.25) is 5.02 Å². The molecule has 0 bridgehead atoms. The van der Waals surface area contributed by atoms with Crippen molar-refractivity contribution >= 4 is 11.6 Å². The third-order valence-corrected chi connectivity index (χ3v) is 2.21. The summed E-state index contributed by atoms with van der Waals surface area (Å²) in [6.45, 7) is 0. The monoisotopic (exact) mass is 208 g/mol. The largest absolute Gasteiger partial charge is 0.496 e. The Kier molecular flexibility index (Phi) is 2.41. The number of benzene rings is 1. The maximum Gasteiger partial charge on any atom is 0.128 e. The molecule has 0 radical (unpaired) electrons. The second kappa shape index (κ2) is 3.72. The van der Waals surface area contributed by atoms with Gasteiger partial charge >= 0.3 is 0 Å². The minimum atomic E-state index is 0.661. The van der Waals surface area contributed by atoms with Crippen LogP contribution in [0.25, 0.3) is 11.1 Å². The first-order chi connectivity index (χ1) is 6.81. The Balaban J connectivity index is 2.53. The molecule has 0 aliphatic carbocycles. The normalized spacial score (nSPS) is 10.1. The van der Waals surface area contributed by atoms with E-state index >= 15 is 0 Å². The van der Waals surface area contributed by atoms with E-state index in [1.54, 1.807) is 19.4 Å². The first-order valence-electron chi connectivity index (χ1n) is 4.14. The molecule has 0 saturated heterocycles. The van der Waals surface area contributed by atoms with E-state index in [-0.39, 0.29) is 0 Å². The molecule has 0 aliphatic rings. The topological polar surface area (TPSA) is 37.9 Å². The highest BCUT2D eigenvalue weighted by Crippen LogP contribution is 2.31. The predicted molar refractivity (Wildman–Crippen MR) is 55.6 cm³/mol. The number of ether oxygens (including phenoxy) is 1. The van der Waals surface area contributed by atoms with Crippen molar-refractivity contribution in [3.8, 4) is 16.9 Å². The average Bonchev–Trinajstić information content (AvgIpc) is 2.70. The van der Waals surface area contributed by atoms with Crippen LogP contribution in [-0.2, 0) is 0 Å². The Bertz CT molecular complexity index is 426. The SMILES string of the molecule is COc1cc(Cl)ccc1-c1cn[nH]c1. The molecular formula is C10H9ClN2O. The Morgan fingerprint density at radius 3 is 2.93 bits per heavy atom. The molecule has 0 saturated carbocycles. The highest BCUT2D eigenvalue weighted by molar-refractivity contribution is 6.30. The summed E-state index contributed by atoms with van der Waals surface area (Å²) >= 11 is 5.85. The molecule has 1 heterocycles. The Morgan fingerprint density at radius 2 is 2.29 bits per heavy atom. The van der Waals surface area contributed by atoms with Crippen LogP contribution in [0.15, 0.2) is 30.6 Å². The number of aromatic amines is 1. The first-order valence-corrected chi connectivity index (χ1v) is 4.52. The van der Waals surface area contributed by atoms with E-state index in [4.69, 9.17) is 16.3 Å². The number of rotatable bonds is 2. The Morgan fingerprint density at radius 1 is 1.43 bits per heavy atom. The van der Waals surface area contributed by atoms with Gasteiger partial charge in [0.2, 0.25) is 0 Å². The van der Waals surface area contributed by atoms with Crippen LogP contribution in [0, 0.1) is 0 Å². The fourth-order valence-electron chi connectivity index (χ4n) is 1.30. The van der Waals surface area contributed by atoms with Gasteiger partial charge in [-0.1, -0.05) is 11.6 Å². The van der Waals surface area contributed by atoms with Gasteiger partial charge in [-0.25, -0.2) is 0 Å². The number of halogens is 1. The summed E-state index contributed by atoms with van der Waals surface area (Å²) in [6.07, 6.45) is 3.55. The number of nitrogens with zero attached hydrogens (tertiary/aromatic N) is 1. The second-order valence-electron chi connectivity index (χ2n) is 2.83. The summed E-state index contributed by atoms with van der Waals surface area (Å²) < 4.78 is 5.22. The maximum atomic E-state index is 5.85. The van der Waals surface area contributed by atoms with E-state index in [9.17, 15) is 0 Å². The number of hydrogen-bond acceptors (Lipinski definition) is 2. The Hall–Kier alpha value is -1.48. The predicted octanol–water partition coefficient (Wildman–Crippen LogP) is 2.74. The fraction of sp³-hybridized carbons (Fsp3) is 0.100. The number of methoxy groups -OCH3 is 1. The van der Waals surface area contributed by atoms with Gasteiger partial charge in [0.25, 0.3) is 0 Å². The maximum absolute atomic E-state index is 5.85. The van der Waals surface area contributed by atoms with Crippen LogP contribution in [0.5, 0.6) is 5.75 Å². The molecule has 0 unspecified atom stereocenters. The fourth-order valence-corrected chi connectivity index (χ4v) is 1.46. The molecule has 2 aromatic rings. The van der Waals surface area contributed by atoms with Crippen molar-refractivity contribution in [3.63, 3.8) is 0 Å². The molecule has 2 rings (SSSR count). The van der Waals surface area contributed by atoms with Crippen molar-refractivity contribution < 1.29 is 4.74 Å². The number of hydrogen-bond donors (Lipinski definition) is 1. The second-order valence-corrected chi connectivity index (χ2v) is 3.27. The van der Waals surface area contributed by atoms with Crippen molar-refractivity contribution in [2.75, 3.05) is 7.11 Å². The molecule has 14 heavy (non-hydrogen) atoms. The van der Waals surface area contributed by atoms with Gasteiger partial charge in [-0.3, -0.25) is 5.10 Å². The first kappa shape index (κ1) is 9.09. The Labute approximate surface area is 86.7 Å². The third kappa shape index (κ3) is 1.59. The van der Waals surface area contributed by atoms with Gasteiger partial charge in [0.05, 0.1) is 13.3 Å². The summed E-state index contributed by atoms with van der Waals surface area (Å²) in [4.78, 5) is 0. The minimum absolute atomic E-state index is 0.661. The van der Waals surface area contributed by atoms with Crippen LogP contribution >= 0.6 is 11.6 Å². The van der Waals surface area contributed by atoms with Crippen LogP contribution in [0.4, 0.5) is 0 Å². The molecule has 0 amide bonds. The van der Waals surface area contributed by atoms with E-state index in [0.717, 1.165) is 16.9 Å². The molecule has 3 nitrogen and oxygen atoms in total. The molecule has 1 aromatic heterocycles. The average molecular weight is 209 g/mol. The van der Waals surface area contributed by atoms with Crippen molar-refractivity contribution in [1.29, 1.82) is 0 Å². The molecule has 0 aliphatic heterocycles. The van der Waals surface area contributed by atoms with E-state index in [0.29, 0.717) is 5.02 Å². The van der Waals surface area contributed by atoms with E-state index in [1.807, 2.05) is 18.3 Å². The molecule has 1 N–H and O–H groups in total. The zero-order chi connectivity index (χ0) is 9.97. The van der Waals surface area contributed by atoms with E-state index in [2.05, 4.69) is 10.2 Å². The number of aromatic nitrogens is 2. The van der Waals surface area contributed by atoms with E-state index < -0.39 is 0 Å². The lowest BCUT2D eigenvalue weighted by Crippen LogP contribution is -1.86. The quantitative estimate of drug-likeness (QED) is 0.824. The number of nitrogens with one attached hydrogen (secondary N) is 1. The smallest absolute Gasteiger partial charge is 0.128 e. The summed E-state index contributed by atoms with van der Waals surface area (Å²) in [6, 6.07) is 5.52. The van der Waals surface area contributed by atoms with Crippen molar-refractivity contribution in [2.24, 2.45) is 0 Å². The third-order valence-electron chi connectivity index (χ3n) is 1.97. The molecular weight excluding hydrogens is 200 g/mol. The molecule has 1 aromatic carbocycles. The summed E-state index contributed by atoms with van der Waals surface area (Å²) in [7, 11) is 1.62. The van der Waals surface area contributed by atoms with Gasteiger partial charge in [-0.15, -0.1) is 0 Å². The highest BCUT2D eigenvalue weighted by Gasteiger charge is 2.06. The van der Waals surface area contributed by atoms with Crippen LogP contribution in [0.3, 0.4) is 0 Å². The van der Waals surface area contributed by atoms with Gasteiger partial charge < -0.3 is 4.74 Å². The van der Waals surface area contributed by atoms with E-state index in [1.165, 1.54) is 0 Å². The van der Waals surface area contributed by atoms with Gasteiger partial charge in [0, 0.05) is 22.3 Å². The zero-order valence-corrected chi connectivity index (χ0v) is 8.38. The molecule has 0 spiro atoms.